The molecule has 0 radical (unpaired) electrons. The number of fused-ring (bicyclic) bond motifs is 2. The van der Waals surface area contributed by atoms with Gasteiger partial charge in [-0.15, -0.1) is 0 Å². The lowest BCUT2D eigenvalue weighted by Crippen LogP contribution is -2.10. The first-order valence-corrected chi connectivity index (χ1v) is 6.74. The topological polar surface area (TPSA) is 19.4 Å². The maximum atomic E-state index is 4.87. The van der Waals surface area contributed by atoms with Crippen molar-refractivity contribution in [2.75, 3.05) is 38.0 Å². The quantitative estimate of drug-likeness (QED) is 0.661. The van der Waals surface area contributed by atoms with E-state index in [1.807, 2.05) is 14.1 Å². The first-order valence-electron chi connectivity index (χ1n) is 6.74. The van der Waals surface area contributed by atoms with Crippen LogP contribution >= 0.6 is 0 Å². The molecular weight excluding hydrogens is 246 g/mol. The molecule has 1 aromatic heterocycles. The van der Waals surface area contributed by atoms with E-state index in [9.17, 15) is 0 Å². The fourth-order valence-electron chi connectivity index (χ4n) is 2.46. The van der Waals surface area contributed by atoms with Crippen molar-refractivity contribution in [3.63, 3.8) is 0 Å². The Labute approximate surface area is 119 Å². The molecule has 0 spiro atoms. The predicted octanol–water partition coefficient (Wildman–Crippen LogP) is 3.52. The number of rotatable bonds is 2. The molecule has 0 aliphatic rings. The molecule has 3 aromatic rings. The van der Waals surface area contributed by atoms with Crippen molar-refractivity contribution in [2.24, 2.45) is 0 Å². The van der Waals surface area contributed by atoms with Crippen LogP contribution in [-0.4, -0.2) is 33.2 Å². The van der Waals surface area contributed by atoms with E-state index in [-0.39, 0.29) is 0 Å². The van der Waals surface area contributed by atoms with Crippen LogP contribution in [0.4, 0.5) is 11.4 Å². The van der Waals surface area contributed by atoms with Crippen LogP contribution in [0.1, 0.15) is 0 Å². The molecule has 0 saturated carbocycles. The summed E-state index contributed by atoms with van der Waals surface area (Å²) in [5, 5.41) is 2.36. The lowest BCUT2D eigenvalue weighted by molar-refractivity contribution is 1.13. The fraction of sp³-hybridized carbons (Fsp3) is 0.235. The summed E-state index contributed by atoms with van der Waals surface area (Å²) in [6, 6.07) is 14.9. The van der Waals surface area contributed by atoms with Crippen LogP contribution in [0.25, 0.3) is 21.8 Å². The van der Waals surface area contributed by atoms with Crippen LogP contribution in [0.15, 0.2) is 42.5 Å². The molecule has 1 heterocycles. The second-order valence-electron chi connectivity index (χ2n) is 5.50. The standard InChI is InChI=1S/C17H19N3/c1-19(2)14-9-8-12-10-13-6-5-7-16(20(3)4)17(13)18-15(12)11-14/h5-11H,1-4H3. The van der Waals surface area contributed by atoms with E-state index in [0.717, 1.165) is 16.7 Å². The van der Waals surface area contributed by atoms with Gasteiger partial charge in [0.15, 0.2) is 0 Å². The van der Waals surface area contributed by atoms with Gasteiger partial charge in [-0.1, -0.05) is 18.2 Å². The van der Waals surface area contributed by atoms with E-state index >= 15 is 0 Å². The molecule has 3 nitrogen and oxygen atoms in total. The Bertz CT molecular complexity index is 776. The summed E-state index contributed by atoms with van der Waals surface area (Å²) in [7, 11) is 8.20. The molecule has 3 heteroatoms. The van der Waals surface area contributed by atoms with E-state index in [1.165, 1.54) is 16.5 Å². The molecule has 2 aromatic carbocycles. The molecule has 3 rings (SSSR count). The summed E-state index contributed by atoms with van der Waals surface area (Å²) in [6.07, 6.45) is 0. The Hall–Kier alpha value is -2.29. The van der Waals surface area contributed by atoms with E-state index in [2.05, 4.69) is 66.4 Å². The van der Waals surface area contributed by atoms with Crippen molar-refractivity contribution in [2.45, 2.75) is 0 Å². The molecule has 0 fully saturated rings. The number of aromatic nitrogens is 1. The number of hydrogen-bond donors (Lipinski definition) is 0. The highest BCUT2D eigenvalue weighted by atomic mass is 15.1. The van der Waals surface area contributed by atoms with Crippen LogP contribution in [0.3, 0.4) is 0 Å². The number of benzene rings is 2. The molecule has 0 aliphatic carbocycles. The van der Waals surface area contributed by atoms with Crippen molar-refractivity contribution in [1.29, 1.82) is 0 Å². The van der Waals surface area contributed by atoms with Crippen molar-refractivity contribution in [1.82, 2.24) is 4.98 Å². The highest BCUT2D eigenvalue weighted by Gasteiger charge is 2.07. The van der Waals surface area contributed by atoms with Crippen LogP contribution in [0, 0.1) is 0 Å². The largest absolute Gasteiger partial charge is 0.378 e. The Morgan fingerprint density at radius 1 is 0.800 bits per heavy atom. The summed E-state index contributed by atoms with van der Waals surface area (Å²) in [4.78, 5) is 9.08. The lowest BCUT2D eigenvalue weighted by Gasteiger charge is -2.16. The highest BCUT2D eigenvalue weighted by Crippen LogP contribution is 2.28. The fourth-order valence-corrected chi connectivity index (χ4v) is 2.46. The monoisotopic (exact) mass is 265 g/mol. The summed E-state index contributed by atoms with van der Waals surface area (Å²) >= 11 is 0. The third kappa shape index (κ3) is 2.05. The molecule has 0 aliphatic heterocycles. The zero-order valence-electron chi connectivity index (χ0n) is 12.4. The van der Waals surface area contributed by atoms with Gasteiger partial charge in [0.1, 0.15) is 0 Å². The highest BCUT2D eigenvalue weighted by molar-refractivity contribution is 5.99. The summed E-state index contributed by atoms with van der Waals surface area (Å²) in [5.74, 6) is 0. The number of nitrogens with zero attached hydrogens (tertiary/aromatic N) is 3. The van der Waals surface area contributed by atoms with Gasteiger partial charge in [0.25, 0.3) is 0 Å². The Balaban J connectivity index is 2.33. The van der Waals surface area contributed by atoms with Gasteiger partial charge < -0.3 is 9.80 Å². The summed E-state index contributed by atoms with van der Waals surface area (Å²) in [6.45, 7) is 0. The second-order valence-corrected chi connectivity index (χ2v) is 5.50. The predicted molar refractivity (Wildman–Crippen MR) is 87.9 cm³/mol. The molecular formula is C17H19N3. The van der Waals surface area contributed by atoms with Crippen LogP contribution in [-0.2, 0) is 0 Å². The Morgan fingerprint density at radius 2 is 1.60 bits per heavy atom. The normalized spacial score (nSPS) is 11.0. The van der Waals surface area contributed by atoms with Crippen molar-refractivity contribution in [3.8, 4) is 0 Å². The first kappa shape index (κ1) is 12.7. The van der Waals surface area contributed by atoms with Crippen molar-refractivity contribution < 1.29 is 0 Å². The lowest BCUT2D eigenvalue weighted by atomic mass is 10.1. The minimum Gasteiger partial charge on any atom is -0.378 e. The van der Waals surface area contributed by atoms with Gasteiger partial charge in [0.05, 0.1) is 16.7 Å². The Morgan fingerprint density at radius 3 is 2.30 bits per heavy atom. The van der Waals surface area contributed by atoms with E-state index in [1.54, 1.807) is 0 Å². The van der Waals surface area contributed by atoms with Crippen molar-refractivity contribution in [3.05, 3.63) is 42.5 Å². The third-order valence-corrected chi connectivity index (χ3v) is 3.60. The van der Waals surface area contributed by atoms with E-state index in [4.69, 9.17) is 4.98 Å². The molecule has 0 saturated heterocycles. The van der Waals surface area contributed by atoms with Gasteiger partial charge in [-0.05, 0) is 24.3 Å². The van der Waals surface area contributed by atoms with Crippen LogP contribution in [0.2, 0.25) is 0 Å². The minimum atomic E-state index is 1.04. The molecule has 0 unspecified atom stereocenters. The van der Waals surface area contributed by atoms with Gasteiger partial charge >= 0.3 is 0 Å². The number of pyridine rings is 1. The Kier molecular flexibility index (Phi) is 2.97. The SMILES string of the molecule is CN(C)c1ccc2cc3cccc(N(C)C)c3nc2c1. The van der Waals surface area contributed by atoms with Gasteiger partial charge in [-0.3, -0.25) is 0 Å². The molecule has 0 atom stereocenters. The summed E-state index contributed by atoms with van der Waals surface area (Å²) < 4.78 is 0. The molecule has 0 bridgehead atoms. The number of hydrogen-bond acceptors (Lipinski definition) is 3. The first-order chi connectivity index (χ1) is 9.56. The third-order valence-electron chi connectivity index (χ3n) is 3.60. The van der Waals surface area contributed by atoms with Crippen LogP contribution in [0.5, 0.6) is 0 Å². The zero-order chi connectivity index (χ0) is 14.3. The van der Waals surface area contributed by atoms with Gasteiger partial charge in [0.2, 0.25) is 0 Å². The molecule has 0 N–H and O–H groups in total. The van der Waals surface area contributed by atoms with E-state index < -0.39 is 0 Å². The van der Waals surface area contributed by atoms with Gasteiger partial charge in [-0.2, -0.15) is 0 Å². The zero-order valence-corrected chi connectivity index (χ0v) is 12.4. The smallest absolute Gasteiger partial charge is 0.0942 e. The minimum absolute atomic E-state index is 1.04. The van der Waals surface area contributed by atoms with E-state index in [0.29, 0.717) is 0 Å². The molecule has 0 amide bonds. The average Bonchev–Trinajstić information content (AvgIpc) is 2.43. The second kappa shape index (κ2) is 4.67. The van der Waals surface area contributed by atoms with Gasteiger partial charge in [0, 0.05) is 44.7 Å². The average molecular weight is 265 g/mol. The number of anilines is 2. The van der Waals surface area contributed by atoms with Crippen molar-refractivity contribution >= 4 is 33.2 Å². The maximum absolute atomic E-state index is 4.87. The van der Waals surface area contributed by atoms with Crippen LogP contribution < -0.4 is 9.80 Å². The molecule has 102 valence electrons. The number of para-hydroxylation sites is 1. The maximum Gasteiger partial charge on any atom is 0.0942 e. The molecule has 20 heavy (non-hydrogen) atoms. The van der Waals surface area contributed by atoms with Gasteiger partial charge in [-0.25, -0.2) is 4.98 Å². The summed E-state index contributed by atoms with van der Waals surface area (Å²) in [5.41, 5.74) is 4.42.